The van der Waals surface area contributed by atoms with Gasteiger partial charge in [-0.25, -0.2) is 4.79 Å². The number of methoxy groups -OCH3 is 2. The quantitative estimate of drug-likeness (QED) is 0.666. The van der Waals surface area contributed by atoms with Gasteiger partial charge in [-0.2, -0.15) is 0 Å². The van der Waals surface area contributed by atoms with Crippen LogP contribution in [0.2, 0.25) is 5.02 Å². The highest BCUT2D eigenvalue weighted by Gasteiger charge is 2.33. The first-order chi connectivity index (χ1) is 15.5. The van der Waals surface area contributed by atoms with Crippen molar-refractivity contribution in [2.24, 2.45) is 0 Å². The molecule has 0 aromatic heterocycles. The van der Waals surface area contributed by atoms with E-state index in [9.17, 15) is 9.59 Å². The van der Waals surface area contributed by atoms with Crippen molar-refractivity contribution in [2.75, 3.05) is 69.8 Å². The fourth-order valence-electron chi connectivity index (χ4n) is 4.13. The van der Waals surface area contributed by atoms with Crippen LogP contribution in [0.4, 0.5) is 16.2 Å². The number of nitrogens with zero attached hydrogens (tertiary/aromatic N) is 4. The Morgan fingerprint density at radius 3 is 2.34 bits per heavy atom. The smallest absolute Gasteiger partial charge is 0.325 e. The maximum Gasteiger partial charge on any atom is 0.325 e. The van der Waals surface area contributed by atoms with Gasteiger partial charge in [-0.05, 0) is 24.3 Å². The van der Waals surface area contributed by atoms with Crippen LogP contribution >= 0.6 is 11.6 Å². The standard InChI is InChI=1S/C23H27ClN4O4/c1-31-20-8-7-17(15-21(20)32-2)28-14-13-27(23(28)30)16-22(29)26-11-9-25(10-12-26)19-6-4-3-5-18(19)24/h3-8,15H,9-14,16H2,1-2H3. The SMILES string of the molecule is COc1ccc(N2CCN(CC(=O)N3CCN(c4ccccc4Cl)CC3)C2=O)cc1OC. The molecular weight excluding hydrogens is 432 g/mol. The highest BCUT2D eigenvalue weighted by molar-refractivity contribution is 6.33. The average Bonchev–Trinajstić information content (AvgIpc) is 3.18. The Bertz CT molecular complexity index is 994. The Morgan fingerprint density at radius 1 is 0.938 bits per heavy atom. The third-order valence-corrected chi connectivity index (χ3v) is 6.24. The average molecular weight is 459 g/mol. The van der Waals surface area contributed by atoms with Gasteiger partial charge in [0.05, 0.1) is 24.9 Å². The first-order valence-electron chi connectivity index (χ1n) is 10.6. The summed E-state index contributed by atoms with van der Waals surface area (Å²) in [6.07, 6.45) is 0. The third-order valence-electron chi connectivity index (χ3n) is 5.93. The molecule has 4 rings (SSSR count). The second-order valence-corrected chi connectivity index (χ2v) is 8.12. The maximum absolute atomic E-state index is 12.9. The lowest BCUT2D eigenvalue weighted by Gasteiger charge is -2.37. The van der Waals surface area contributed by atoms with Crippen molar-refractivity contribution in [3.63, 3.8) is 0 Å². The molecule has 9 heteroatoms. The molecule has 0 unspecified atom stereocenters. The molecule has 2 aliphatic rings. The number of piperazine rings is 1. The van der Waals surface area contributed by atoms with Crippen LogP contribution in [-0.2, 0) is 4.79 Å². The van der Waals surface area contributed by atoms with E-state index in [0.717, 1.165) is 11.4 Å². The zero-order chi connectivity index (χ0) is 22.7. The number of para-hydroxylation sites is 1. The van der Waals surface area contributed by atoms with Crippen molar-refractivity contribution in [2.45, 2.75) is 0 Å². The van der Waals surface area contributed by atoms with Crippen LogP contribution < -0.4 is 19.3 Å². The van der Waals surface area contributed by atoms with Crippen LogP contribution in [0.25, 0.3) is 0 Å². The molecule has 170 valence electrons. The van der Waals surface area contributed by atoms with Crippen LogP contribution in [0.5, 0.6) is 11.5 Å². The molecule has 8 nitrogen and oxygen atoms in total. The van der Waals surface area contributed by atoms with E-state index in [1.807, 2.05) is 35.2 Å². The number of rotatable bonds is 6. The minimum Gasteiger partial charge on any atom is -0.493 e. The van der Waals surface area contributed by atoms with Gasteiger partial charge < -0.3 is 24.2 Å². The number of benzene rings is 2. The fraction of sp³-hybridized carbons (Fsp3) is 0.391. The van der Waals surface area contributed by atoms with E-state index in [0.29, 0.717) is 55.8 Å². The molecule has 0 bridgehead atoms. The molecule has 3 amide bonds. The highest BCUT2D eigenvalue weighted by Crippen LogP contribution is 2.33. The number of hydrogen-bond donors (Lipinski definition) is 0. The number of urea groups is 1. The van der Waals surface area contributed by atoms with Gasteiger partial charge in [0.25, 0.3) is 0 Å². The minimum absolute atomic E-state index is 0.0358. The summed E-state index contributed by atoms with van der Waals surface area (Å²) in [5.74, 6) is 1.13. The fourth-order valence-corrected chi connectivity index (χ4v) is 4.39. The maximum atomic E-state index is 12.9. The molecular formula is C23H27ClN4O4. The molecule has 0 atom stereocenters. The monoisotopic (exact) mass is 458 g/mol. The van der Waals surface area contributed by atoms with Crippen molar-refractivity contribution in [3.05, 3.63) is 47.5 Å². The van der Waals surface area contributed by atoms with Crippen molar-refractivity contribution < 1.29 is 19.1 Å². The van der Waals surface area contributed by atoms with Gasteiger partial charge in [0.2, 0.25) is 5.91 Å². The molecule has 2 saturated heterocycles. The van der Waals surface area contributed by atoms with Crippen LogP contribution in [0.3, 0.4) is 0 Å². The zero-order valence-corrected chi connectivity index (χ0v) is 19.0. The van der Waals surface area contributed by atoms with Crippen molar-refractivity contribution in [1.29, 1.82) is 0 Å². The van der Waals surface area contributed by atoms with Gasteiger partial charge in [-0.1, -0.05) is 23.7 Å². The number of carbonyl (C=O) groups is 2. The molecule has 2 aliphatic heterocycles. The molecule has 2 heterocycles. The van der Waals surface area contributed by atoms with Gasteiger partial charge in [-0.3, -0.25) is 9.69 Å². The lowest BCUT2D eigenvalue weighted by molar-refractivity contribution is -0.131. The summed E-state index contributed by atoms with van der Waals surface area (Å²) in [5.41, 5.74) is 1.71. The normalized spacial score (nSPS) is 16.5. The van der Waals surface area contributed by atoms with E-state index in [1.165, 1.54) is 0 Å². The molecule has 0 saturated carbocycles. The summed E-state index contributed by atoms with van der Waals surface area (Å²) in [4.78, 5) is 33.1. The lowest BCUT2D eigenvalue weighted by atomic mass is 10.2. The number of ether oxygens (including phenoxy) is 2. The van der Waals surface area contributed by atoms with Gasteiger partial charge >= 0.3 is 6.03 Å². The van der Waals surface area contributed by atoms with E-state index in [-0.39, 0.29) is 18.5 Å². The van der Waals surface area contributed by atoms with Gasteiger partial charge in [0.1, 0.15) is 6.54 Å². The largest absolute Gasteiger partial charge is 0.493 e. The molecule has 32 heavy (non-hydrogen) atoms. The predicted molar refractivity (Wildman–Crippen MR) is 124 cm³/mol. The minimum atomic E-state index is -0.180. The second kappa shape index (κ2) is 9.56. The molecule has 2 aromatic carbocycles. The molecule has 2 fully saturated rings. The van der Waals surface area contributed by atoms with E-state index in [4.69, 9.17) is 21.1 Å². The van der Waals surface area contributed by atoms with Gasteiger partial charge in [0, 0.05) is 51.0 Å². The molecule has 0 radical (unpaired) electrons. The van der Waals surface area contributed by atoms with E-state index in [2.05, 4.69) is 4.90 Å². The summed E-state index contributed by atoms with van der Waals surface area (Å²) in [6, 6.07) is 12.9. The van der Waals surface area contributed by atoms with E-state index < -0.39 is 0 Å². The Hall–Kier alpha value is -3.13. The van der Waals surface area contributed by atoms with Crippen LogP contribution in [0, 0.1) is 0 Å². The Labute approximate surface area is 192 Å². The summed E-state index contributed by atoms with van der Waals surface area (Å²) >= 11 is 6.30. The summed E-state index contributed by atoms with van der Waals surface area (Å²) < 4.78 is 10.6. The number of hydrogen-bond acceptors (Lipinski definition) is 5. The Kier molecular flexibility index (Phi) is 6.60. The first-order valence-corrected chi connectivity index (χ1v) is 11.0. The van der Waals surface area contributed by atoms with Crippen molar-refractivity contribution >= 4 is 34.9 Å². The second-order valence-electron chi connectivity index (χ2n) is 7.71. The first kappa shape index (κ1) is 22.1. The Morgan fingerprint density at radius 2 is 1.66 bits per heavy atom. The van der Waals surface area contributed by atoms with Gasteiger partial charge in [0.15, 0.2) is 11.5 Å². The molecule has 0 N–H and O–H groups in total. The molecule has 0 spiro atoms. The highest BCUT2D eigenvalue weighted by atomic mass is 35.5. The summed E-state index contributed by atoms with van der Waals surface area (Å²) in [5, 5.41) is 0.713. The van der Waals surface area contributed by atoms with Crippen LogP contribution in [0.15, 0.2) is 42.5 Å². The number of amides is 3. The zero-order valence-electron chi connectivity index (χ0n) is 18.3. The number of halogens is 1. The molecule has 2 aromatic rings. The molecule has 0 aliphatic carbocycles. The predicted octanol–water partition coefficient (Wildman–Crippen LogP) is 2.95. The Balaban J connectivity index is 1.34. The third kappa shape index (κ3) is 4.41. The number of anilines is 2. The summed E-state index contributed by atoms with van der Waals surface area (Å²) in [7, 11) is 3.13. The van der Waals surface area contributed by atoms with Crippen molar-refractivity contribution in [1.82, 2.24) is 9.80 Å². The number of carbonyl (C=O) groups excluding carboxylic acids is 2. The lowest BCUT2D eigenvalue weighted by Crippen LogP contribution is -2.51. The van der Waals surface area contributed by atoms with Crippen LogP contribution in [-0.4, -0.2) is 81.8 Å². The summed E-state index contributed by atoms with van der Waals surface area (Å²) in [6.45, 7) is 3.72. The van der Waals surface area contributed by atoms with E-state index >= 15 is 0 Å². The van der Waals surface area contributed by atoms with Crippen LogP contribution in [0.1, 0.15) is 0 Å². The topological polar surface area (TPSA) is 65.6 Å². The van der Waals surface area contributed by atoms with Gasteiger partial charge in [-0.15, -0.1) is 0 Å². The van der Waals surface area contributed by atoms with E-state index in [1.54, 1.807) is 36.2 Å². The van der Waals surface area contributed by atoms with Crippen molar-refractivity contribution in [3.8, 4) is 11.5 Å².